The summed E-state index contributed by atoms with van der Waals surface area (Å²) in [5.74, 6) is -15.8. The number of benzene rings is 6. The van der Waals surface area contributed by atoms with Crippen molar-refractivity contribution >= 4 is 99.7 Å². The summed E-state index contributed by atoms with van der Waals surface area (Å²) in [4.78, 5) is 142. The third kappa shape index (κ3) is 20.4. The van der Waals surface area contributed by atoms with E-state index < -0.39 is 243 Å². The predicted molar refractivity (Wildman–Crippen MR) is 433 cm³/mol. The standard InChI is InChI=1S/C82H89Cl3N12O25/c1-34(2)19-49(87-5)74(109)95-65-67(104)39-11-16-53(47(84)22-39)118-55-24-41-25-56(71(55)122-81-72(70(107)69(106)57(33-98)120-81)121-60-29-82(4,73(108)35(3)117-60)89-31-37-20-43(32-88-30-37)90-59(103)18-9-36-7-13-42(83)14-8-36)119-54-17-12-40(23-48(54)85)68(105)66-79(114)94-64(80(115)97-116-6)46-26-44(99)27-52(101)61(46)45-21-38(10-15-51(45)100)62(76(111)96-66)93-77(112)63(41)92-75(110)50(28-58(86)102)91-78(65)113/h7-18,20-27,30,32,34-35,49-50,57,60,62-70,72-73,81,87,89,98-101,104-108H,19,28-29,31,33H2,1-6H3,(H2,86,102)(H,90,103)(H,91,113)(H,92,110)(H,93,112)(H,94,114)(H,95,109)(H,96,111)(H,97,115). The fourth-order valence-corrected chi connectivity index (χ4v) is 15.3. The number of nitrogens with zero attached hydrogens (tertiary/aromatic N) is 1. The summed E-state index contributed by atoms with van der Waals surface area (Å²) >= 11 is 20.4. The van der Waals surface area contributed by atoms with Crippen molar-refractivity contribution in [3.05, 3.63) is 182 Å². The number of phenolic OH excluding ortho intramolecular Hbond substituents is 3. The van der Waals surface area contributed by atoms with E-state index in [1.165, 1.54) is 44.6 Å². The summed E-state index contributed by atoms with van der Waals surface area (Å²) in [6, 6.07) is 8.21. The van der Waals surface area contributed by atoms with Crippen LogP contribution in [0.4, 0.5) is 5.69 Å². The second-order valence-electron chi connectivity index (χ2n) is 30.3. The highest BCUT2D eigenvalue weighted by molar-refractivity contribution is 6.32. The zero-order chi connectivity index (χ0) is 88.0. The van der Waals surface area contributed by atoms with Gasteiger partial charge in [0.2, 0.25) is 59.3 Å². The van der Waals surface area contributed by atoms with Gasteiger partial charge < -0.3 is 128 Å². The van der Waals surface area contributed by atoms with E-state index in [0.29, 0.717) is 21.8 Å². The number of nitrogens with one attached hydrogen (secondary N) is 10. The first kappa shape index (κ1) is 89.9. The van der Waals surface area contributed by atoms with Gasteiger partial charge in [-0.05, 0) is 151 Å². The largest absolute Gasteiger partial charge is 0.508 e. The number of anilines is 1. The third-order valence-corrected chi connectivity index (χ3v) is 21.9. The molecule has 7 aromatic rings. The van der Waals surface area contributed by atoms with E-state index in [4.69, 9.17) is 73.8 Å². The zero-order valence-electron chi connectivity index (χ0n) is 65.8. The molecule has 9 amide bonds. The highest BCUT2D eigenvalue weighted by Crippen LogP contribution is 2.50. The summed E-state index contributed by atoms with van der Waals surface area (Å²) in [6.07, 6.45) is -13.3. The molecule has 122 heavy (non-hydrogen) atoms. The Hall–Kier alpha value is -11.4. The molecule has 7 aliphatic heterocycles. The van der Waals surface area contributed by atoms with Crippen molar-refractivity contribution in [2.45, 2.75) is 163 Å². The number of phenols is 3. The number of halogens is 3. The number of carbonyl (C=O) groups excluding carboxylic acids is 9. The van der Waals surface area contributed by atoms with E-state index in [9.17, 15) is 65.1 Å². The number of aliphatic hydroxyl groups is 6. The van der Waals surface area contributed by atoms with Crippen LogP contribution >= 0.6 is 34.8 Å². The van der Waals surface area contributed by atoms with E-state index in [0.717, 1.165) is 73.8 Å². The summed E-state index contributed by atoms with van der Waals surface area (Å²) in [7, 11) is 2.51. The van der Waals surface area contributed by atoms with Crippen molar-refractivity contribution in [2.75, 3.05) is 26.1 Å². The lowest BCUT2D eigenvalue weighted by molar-refractivity contribution is -0.334. The monoisotopic (exact) mass is 1750 g/mol. The van der Waals surface area contributed by atoms with Gasteiger partial charge in [-0.2, -0.15) is 0 Å². The number of carbonyl (C=O) groups is 9. The molecule has 18 atom stereocenters. The van der Waals surface area contributed by atoms with Crippen molar-refractivity contribution in [3.8, 4) is 57.1 Å². The van der Waals surface area contributed by atoms with Gasteiger partial charge in [0.15, 0.2) is 23.9 Å². The van der Waals surface area contributed by atoms with Crippen LogP contribution in [-0.2, 0) is 68.7 Å². The quantitative estimate of drug-likeness (QED) is 0.0385. The zero-order valence-corrected chi connectivity index (χ0v) is 68.1. The van der Waals surface area contributed by atoms with Crippen LogP contribution in [0.5, 0.6) is 46.0 Å². The molecule has 7 aliphatic rings. The maximum atomic E-state index is 16.3. The Bertz CT molecular complexity index is 5190. The molecule has 2 saturated heterocycles. The van der Waals surface area contributed by atoms with E-state index >= 15 is 24.0 Å². The fraction of sp³-hybridized carbons (Fsp3) is 0.366. The van der Waals surface area contributed by atoms with Crippen molar-refractivity contribution < 1.29 is 122 Å². The molecule has 6 aromatic carbocycles. The Morgan fingerprint density at radius 1 is 0.713 bits per heavy atom. The van der Waals surface area contributed by atoms with E-state index in [2.05, 4.69) is 58.3 Å². The smallest absolute Gasteiger partial charge is 0.270 e. The van der Waals surface area contributed by atoms with Crippen LogP contribution in [0.15, 0.2) is 128 Å². The molecular formula is C82H89Cl3N12O25. The van der Waals surface area contributed by atoms with Gasteiger partial charge >= 0.3 is 0 Å². The third-order valence-electron chi connectivity index (χ3n) is 21.0. The number of aromatic nitrogens is 1. The second kappa shape index (κ2) is 38.4. The molecule has 18 unspecified atom stereocenters. The van der Waals surface area contributed by atoms with Gasteiger partial charge in [0, 0.05) is 53.0 Å². The number of hydrogen-bond acceptors (Lipinski definition) is 28. The first-order chi connectivity index (χ1) is 58.0. The maximum absolute atomic E-state index is 16.3. The van der Waals surface area contributed by atoms with Gasteiger partial charge in [-0.1, -0.05) is 79.0 Å². The van der Waals surface area contributed by atoms with Crippen LogP contribution in [0.3, 0.4) is 0 Å². The molecule has 2 fully saturated rings. The van der Waals surface area contributed by atoms with Gasteiger partial charge in [0.05, 0.1) is 60.3 Å². The number of aromatic hydroxyl groups is 3. The van der Waals surface area contributed by atoms with Gasteiger partial charge in [-0.25, -0.2) is 5.48 Å². The van der Waals surface area contributed by atoms with Crippen LogP contribution in [-0.4, -0.2) is 204 Å². The number of pyridine rings is 1. The summed E-state index contributed by atoms with van der Waals surface area (Å²) in [6.45, 7) is 5.81. The summed E-state index contributed by atoms with van der Waals surface area (Å²) in [5.41, 5.74) is 5.47. The lowest BCUT2D eigenvalue weighted by Crippen LogP contribution is -2.65. The maximum Gasteiger partial charge on any atom is 0.270 e. The number of aliphatic hydroxyl groups excluding tert-OH is 6. The molecule has 1 aromatic heterocycles. The molecule has 37 nitrogen and oxygen atoms in total. The molecule has 11 bridgehead atoms. The number of hydroxylamine groups is 1. The van der Waals surface area contributed by atoms with Crippen molar-refractivity contribution in [2.24, 2.45) is 11.7 Å². The number of likely N-dealkylation sites (N-methyl/N-ethyl adjacent to an activating group) is 1. The summed E-state index contributed by atoms with van der Waals surface area (Å²) in [5, 5.41) is 130. The topological polar surface area (TPSA) is 560 Å². The van der Waals surface area contributed by atoms with E-state index in [1.54, 1.807) is 43.3 Å². The molecule has 0 aliphatic carbocycles. The number of primary amides is 1. The lowest BCUT2D eigenvalue weighted by atomic mass is 9.84. The summed E-state index contributed by atoms with van der Waals surface area (Å²) < 4.78 is 39.5. The van der Waals surface area contributed by atoms with Crippen LogP contribution in [0.2, 0.25) is 15.1 Å². The average Bonchev–Trinajstić information content (AvgIpc) is 0.758. The van der Waals surface area contributed by atoms with Crippen molar-refractivity contribution in [1.82, 2.24) is 53.0 Å². The number of fused-ring (bicyclic) bond motifs is 15. The van der Waals surface area contributed by atoms with Crippen LogP contribution in [0.25, 0.3) is 17.2 Å². The fourth-order valence-electron chi connectivity index (χ4n) is 14.7. The minimum atomic E-state index is -2.38. The first-order valence-corrected chi connectivity index (χ1v) is 39.4. The molecule has 40 heteroatoms. The minimum Gasteiger partial charge on any atom is -0.508 e. The van der Waals surface area contributed by atoms with Crippen LogP contribution in [0.1, 0.15) is 116 Å². The van der Waals surface area contributed by atoms with Crippen LogP contribution in [0, 0.1) is 5.92 Å². The molecule has 21 N–H and O–H groups in total. The SMILES string of the molecule is CNC(CC(C)C)C(=O)NC1C(=O)NC(CC(N)=O)C(=O)NC2C(=O)NC3C(=O)NC(C(=O)NC(C(=O)NOC)c4cc(O)cc(O)c4-c4cc3ccc4O)C(O)c3ccc(c(Cl)c3)Oc3cc2cc(c3OC2OC(CO)C(O)C(O)C2OC2CC(C)(NCc3cncc(NC(=O)C=Cc4ccc(Cl)cc4)c3)C(O)C(C)O2)Oc2ccc(cc2Cl)C1O. The second-order valence-corrected chi connectivity index (χ2v) is 31.5. The van der Waals surface area contributed by atoms with Gasteiger partial charge in [-0.3, -0.25) is 53.0 Å². The number of ether oxygens (including phenoxy) is 6. The van der Waals surface area contributed by atoms with E-state index in [-0.39, 0.29) is 52.8 Å². The Morgan fingerprint density at radius 3 is 2.00 bits per heavy atom. The van der Waals surface area contributed by atoms with Gasteiger partial charge in [0.25, 0.3) is 5.91 Å². The van der Waals surface area contributed by atoms with Gasteiger partial charge in [0.1, 0.15) is 95.5 Å². The number of rotatable bonds is 20. The number of nitrogens with two attached hydrogens (primary N) is 1. The Balaban J connectivity index is 1.02. The molecular weight excluding hydrogens is 1660 g/mol. The van der Waals surface area contributed by atoms with Gasteiger partial charge in [-0.15, -0.1) is 0 Å². The number of hydrogen-bond donors (Lipinski definition) is 20. The normalized spacial score (nSPS) is 26.3. The number of amides is 9. The highest BCUT2D eigenvalue weighted by atomic mass is 35.5. The molecule has 648 valence electrons. The van der Waals surface area contributed by atoms with Crippen molar-refractivity contribution in [3.63, 3.8) is 0 Å². The molecule has 0 spiro atoms. The predicted octanol–water partition coefficient (Wildman–Crippen LogP) is 3.23. The Labute approximate surface area is 710 Å². The molecule has 0 radical (unpaired) electrons. The average molecular weight is 1750 g/mol. The molecule has 8 heterocycles. The lowest BCUT2D eigenvalue weighted by Gasteiger charge is -2.48. The Morgan fingerprint density at radius 2 is 1.36 bits per heavy atom. The minimum absolute atomic E-state index is 0.00869. The van der Waals surface area contributed by atoms with Crippen molar-refractivity contribution in [1.29, 1.82) is 0 Å². The van der Waals surface area contributed by atoms with Crippen LogP contribution < -0.4 is 73.3 Å². The van der Waals surface area contributed by atoms with E-state index in [1.807, 2.05) is 13.8 Å². The Kier molecular flexibility index (Phi) is 28.3. The first-order valence-electron chi connectivity index (χ1n) is 38.2. The molecule has 0 saturated carbocycles. The molecule has 14 rings (SSSR count). The highest BCUT2D eigenvalue weighted by Gasteiger charge is 2.52.